The third-order valence-electron chi connectivity index (χ3n) is 4.12. The van der Waals surface area contributed by atoms with Gasteiger partial charge in [0.1, 0.15) is 18.1 Å². The van der Waals surface area contributed by atoms with Crippen molar-refractivity contribution in [2.45, 2.75) is 13.5 Å². The first kappa shape index (κ1) is 18.7. The van der Waals surface area contributed by atoms with E-state index in [2.05, 4.69) is 27.8 Å². The number of nitrogens with one attached hydrogen (secondary N) is 2. The number of guanidine groups is 1. The topological polar surface area (TPSA) is 73.3 Å². The van der Waals surface area contributed by atoms with Crippen molar-refractivity contribution in [3.8, 4) is 23.0 Å². The first-order chi connectivity index (χ1) is 13.2. The number of aliphatic imine (C=N–C) groups is 1. The van der Waals surface area contributed by atoms with Crippen molar-refractivity contribution < 1.29 is 18.9 Å². The molecule has 0 fully saturated rings. The van der Waals surface area contributed by atoms with Gasteiger partial charge in [-0.1, -0.05) is 12.1 Å². The van der Waals surface area contributed by atoms with E-state index in [4.69, 9.17) is 18.9 Å². The molecule has 0 spiro atoms. The highest BCUT2D eigenvalue weighted by molar-refractivity contribution is 5.79. The van der Waals surface area contributed by atoms with E-state index in [0.717, 1.165) is 22.8 Å². The van der Waals surface area contributed by atoms with Crippen LogP contribution >= 0.6 is 0 Å². The number of benzene rings is 2. The SMILES string of the molecule is CN=C(NCCOc1ccc2c(c1)OCO2)NCc1ccc(C)cc1OC. The van der Waals surface area contributed by atoms with Gasteiger partial charge in [-0.25, -0.2) is 0 Å². The van der Waals surface area contributed by atoms with Crippen molar-refractivity contribution in [1.29, 1.82) is 0 Å². The number of hydrogen-bond acceptors (Lipinski definition) is 5. The van der Waals surface area contributed by atoms with E-state index in [1.54, 1.807) is 14.2 Å². The average molecular weight is 371 g/mol. The molecule has 2 N–H and O–H groups in total. The molecule has 2 aromatic rings. The van der Waals surface area contributed by atoms with E-state index < -0.39 is 0 Å². The summed E-state index contributed by atoms with van der Waals surface area (Å²) in [5.74, 6) is 3.77. The smallest absolute Gasteiger partial charge is 0.231 e. The van der Waals surface area contributed by atoms with Crippen LogP contribution in [0, 0.1) is 6.92 Å². The van der Waals surface area contributed by atoms with Crippen LogP contribution in [0.5, 0.6) is 23.0 Å². The quantitative estimate of drug-likeness (QED) is 0.443. The average Bonchev–Trinajstić information content (AvgIpc) is 3.16. The number of ether oxygens (including phenoxy) is 4. The minimum absolute atomic E-state index is 0.258. The monoisotopic (exact) mass is 371 g/mol. The van der Waals surface area contributed by atoms with Crippen molar-refractivity contribution in [2.24, 2.45) is 4.99 Å². The summed E-state index contributed by atoms with van der Waals surface area (Å²) in [6, 6.07) is 11.7. The summed E-state index contributed by atoms with van der Waals surface area (Å²) in [5.41, 5.74) is 2.24. The minimum atomic E-state index is 0.258. The Balaban J connectivity index is 1.43. The summed E-state index contributed by atoms with van der Waals surface area (Å²) in [7, 11) is 3.42. The Kier molecular flexibility index (Phi) is 6.25. The molecule has 0 saturated carbocycles. The molecule has 0 amide bonds. The molecule has 0 radical (unpaired) electrons. The molecule has 27 heavy (non-hydrogen) atoms. The zero-order valence-corrected chi connectivity index (χ0v) is 15.9. The molecule has 7 heteroatoms. The Morgan fingerprint density at radius 1 is 1.11 bits per heavy atom. The Bertz CT molecular complexity index is 808. The van der Waals surface area contributed by atoms with Gasteiger partial charge in [-0.05, 0) is 30.7 Å². The maximum absolute atomic E-state index is 5.74. The highest BCUT2D eigenvalue weighted by Gasteiger charge is 2.13. The predicted octanol–water partition coefficient (Wildman–Crippen LogP) is 2.48. The lowest BCUT2D eigenvalue weighted by Gasteiger charge is -2.14. The minimum Gasteiger partial charge on any atom is -0.496 e. The highest BCUT2D eigenvalue weighted by Crippen LogP contribution is 2.34. The lowest BCUT2D eigenvalue weighted by molar-refractivity contribution is 0.173. The highest BCUT2D eigenvalue weighted by atomic mass is 16.7. The maximum atomic E-state index is 5.74. The van der Waals surface area contributed by atoms with Crippen LogP contribution in [0.2, 0.25) is 0 Å². The second-order valence-electron chi connectivity index (χ2n) is 6.03. The molecule has 0 aromatic heterocycles. The van der Waals surface area contributed by atoms with Crippen molar-refractivity contribution in [3.05, 3.63) is 47.5 Å². The lowest BCUT2D eigenvalue weighted by atomic mass is 10.1. The van der Waals surface area contributed by atoms with Gasteiger partial charge in [-0.3, -0.25) is 4.99 Å². The second-order valence-corrected chi connectivity index (χ2v) is 6.03. The fourth-order valence-corrected chi connectivity index (χ4v) is 2.70. The second kappa shape index (κ2) is 9.02. The summed E-state index contributed by atoms with van der Waals surface area (Å²) in [6.45, 7) is 4.02. The molecule has 0 saturated heterocycles. The normalized spacial score (nSPS) is 12.6. The zero-order chi connectivity index (χ0) is 19.1. The van der Waals surface area contributed by atoms with E-state index in [-0.39, 0.29) is 6.79 Å². The molecule has 1 aliphatic rings. The molecular formula is C20H25N3O4. The van der Waals surface area contributed by atoms with Gasteiger partial charge in [-0.15, -0.1) is 0 Å². The molecule has 0 bridgehead atoms. The van der Waals surface area contributed by atoms with E-state index in [9.17, 15) is 0 Å². The Morgan fingerprint density at radius 3 is 2.78 bits per heavy atom. The number of hydrogen-bond donors (Lipinski definition) is 2. The molecule has 3 rings (SSSR count). The molecule has 2 aromatic carbocycles. The van der Waals surface area contributed by atoms with Crippen LogP contribution in [0.4, 0.5) is 0 Å². The number of methoxy groups -OCH3 is 1. The standard InChI is InChI=1S/C20H25N3O4/c1-14-4-5-15(18(10-14)24-3)12-23-20(21-2)22-8-9-25-16-6-7-17-19(11-16)27-13-26-17/h4-7,10-11H,8-9,12-13H2,1-3H3,(H2,21,22,23). The van der Waals surface area contributed by atoms with Gasteiger partial charge >= 0.3 is 0 Å². The molecule has 0 unspecified atom stereocenters. The van der Waals surface area contributed by atoms with Gasteiger partial charge in [0.25, 0.3) is 0 Å². The summed E-state index contributed by atoms with van der Waals surface area (Å²) in [4.78, 5) is 4.23. The summed E-state index contributed by atoms with van der Waals surface area (Å²) in [6.07, 6.45) is 0. The largest absolute Gasteiger partial charge is 0.496 e. The first-order valence-corrected chi connectivity index (χ1v) is 8.80. The van der Waals surface area contributed by atoms with Crippen molar-refractivity contribution in [1.82, 2.24) is 10.6 Å². The molecular weight excluding hydrogens is 346 g/mol. The Labute approximate surface area is 159 Å². The van der Waals surface area contributed by atoms with E-state index in [1.165, 1.54) is 5.56 Å². The third kappa shape index (κ3) is 4.97. The van der Waals surface area contributed by atoms with Crippen LogP contribution in [0.25, 0.3) is 0 Å². The van der Waals surface area contributed by atoms with Crippen LogP contribution in [0.15, 0.2) is 41.4 Å². The Hall–Kier alpha value is -3.09. The molecule has 144 valence electrons. The van der Waals surface area contributed by atoms with Gasteiger partial charge in [0, 0.05) is 25.2 Å². The molecule has 1 aliphatic heterocycles. The first-order valence-electron chi connectivity index (χ1n) is 8.80. The van der Waals surface area contributed by atoms with Gasteiger partial charge in [0.05, 0.1) is 13.7 Å². The summed E-state index contributed by atoms with van der Waals surface area (Å²) in [5, 5.41) is 6.51. The van der Waals surface area contributed by atoms with Gasteiger partial charge in [0.2, 0.25) is 6.79 Å². The number of nitrogens with zero attached hydrogens (tertiary/aromatic N) is 1. The lowest BCUT2D eigenvalue weighted by Crippen LogP contribution is -2.38. The third-order valence-corrected chi connectivity index (χ3v) is 4.12. The van der Waals surface area contributed by atoms with E-state index in [0.29, 0.717) is 31.4 Å². The van der Waals surface area contributed by atoms with Crippen molar-refractivity contribution in [2.75, 3.05) is 34.1 Å². The molecule has 1 heterocycles. The molecule has 0 atom stereocenters. The van der Waals surface area contributed by atoms with Crippen LogP contribution in [-0.2, 0) is 6.54 Å². The van der Waals surface area contributed by atoms with E-state index >= 15 is 0 Å². The van der Waals surface area contributed by atoms with Crippen LogP contribution in [0.3, 0.4) is 0 Å². The fraction of sp³-hybridized carbons (Fsp3) is 0.350. The summed E-state index contributed by atoms with van der Waals surface area (Å²) >= 11 is 0. The predicted molar refractivity (Wildman–Crippen MR) is 104 cm³/mol. The van der Waals surface area contributed by atoms with Gasteiger partial charge in [0.15, 0.2) is 17.5 Å². The Morgan fingerprint density at radius 2 is 1.96 bits per heavy atom. The van der Waals surface area contributed by atoms with Crippen molar-refractivity contribution >= 4 is 5.96 Å². The number of aryl methyl sites for hydroxylation is 1. The van der Waals surface area contributed by atoms with Gasteiger partial charge in [-0.2, -0.15) is 0 Å². The van der Waals surface area contributed by atoms with Crippen LogP contribution in [-0.4, -0.2) is 40.1 Å². The maximum Gasteiger partial charge on any atom is 0.231 e. The van der Waals surface area contributed by atoms with E-state index in [1.807, 2.05) is 31.2 Å². The summed E-state index contributed by atoms with van der Waals surface area (Å²) < 4.78 is 21.8. The molecule has 0 aliphatic carbocycles. The number of rotatable bonds is 7. The molecule has 7 nitrogen and oxygen atoms in total. The fourth-order valence-electron chi connectivity index (χ4n) is 2.70. The zero-order valence-electron chi connectivity index (χ0n) is 15.9. The van der Waals surface area contributed by atoms with Gasteiger partial charge < -0.3 is 29.6 Å². The number of fused-ring (bicyclic) bond motifs is 1. The van der Waals surface area contributed by atoms with Crippen LogP contribution in [0.1, 0.15) is 11.1 Å². The van der Waals surface area contributed by atoms with Crippen LogP contribution < -0.4 is 29.6 Å². The van der Waals surface area contributed by atoms with Crippen molar-refractivity contribution in [3.63, 3.8) is 0 Å².